The van der Waals surface area contributed by atoms with Crippen LogP contribution in [0.4, 0.5) is 4.79 Å². The van der Waals surface area contributed by atoms with Gasteiger partial charge in [-0.2, -0.15) is 0 Å². The maximum absolute atomic E-state index is 13.0. The van der Waals surface area contributed by atoms with E-state index in [1.165, 1.54) is 56.9 Å². The fourth-order valence-electron chi connectivity index (χ4n) is 10.5. The summed E-state index contributed by atoms with van der Waals surface area (Å²) in [6, 6.07) is -0.777. The van der Waals surface area contributed by atoms with Crippen LogP contribution in [0.3, 0.4) is 0 Å². The molecule has 3 saturated carbocycles. The number of carbonyl (C=O) groups is 1. The predicted molar refractivity (Wildman–Crippen MR) is 193 cm³/mol. The van der Waals surface area contributed by atoms with Gasteiger partial charge in [0.2, 0.25) is 0 Å². The number of aliphatic hydroxyl groups excluding tert-OH is 1. The van der Waals surface area contributed by atoms with Crippen LogP contribution in [0.25, 0.3) is 0 Å². The Morgan fingerprint density at radius 2 is 2.00 bits per heavy atom. The van der Waals surface area contributed by atoms with Crippen molar-refractivity contribution in [2.24, 2.45) is 46.2 Å². The number of unbranched alkanes of at least 4 members (excludes halogenated alkanes) is 2. The van der Waals surface area contributed by atoms with E-state index in [1.54, 1.807) is 6.26 Å². The van der Waals surface area contributed by atoms with E-state index in [-0.39, 0.29) is 37.3 Å². The molecule has 13 atom stereocenters. The standard InChI is InChI=1S/C36H62BN2O7PS/c1-6-7-8-9-23(2)28-12-13-29-27-11-10-24-18-26(14-16-35(24,3)30(27)15-17-36(28,29)4)45-34(41)39-20-25(40)21-43-47(42,48-5)44-22-32-31(38)19-33(37)46-32/h10,23,25-33,40H,6-9,11-22,38H2,1-5H3,(H,39,41)/t23?,25?,26?,27?,28?,29?,30-,31?,32-,33-,35?,36?,47?/m1/s1. The first kappa shape index (κ1) is 38.7. The number of nitrogens with two attached hydrogens (primary N) is 1. The summed E-state index contributed by atoms with van der Waals surface area (Å²) < 4.78 is 35.3. The lowest BCUT2D eigenvalue weighted by Crippen LogP contribution is -2.51. The van der Waals surface area contributed by atoms with E-state index >= 15 is 0 Å². The van der Waals surface area contributed by atoms with Crippen LogP contribution < -0.4 is 11.1 Å². The second-order valence-electron chi connectivity index (χ2n) is 16.1. The molecule has 12 heteroatoms. The summed E-state index contributed by atoms with van der Waals surface area (Å²) in [7, 11) is 5.76. The lowest BCUT2D eigenvalue weighted by Gasteiger charge is -2.58. The summed E-state index contributed by atoms with van der Waals surface area (Å²) in [5.41, 5.74) is 8.14. The third-order valence-corrected chi connectivity index (χ3v) is 16.6. The molecule has 1 aliphatic heterocycles. The Bertz CT molecular complexity index is 1180. The number of amides is 1. The molecule has 0 aromatic heterocycles. The summed E-state index contributed by atoms with van der Waals surface area (Å²) >= 11 is 0.926. The monoisotopic (exact) mass is 708 g/mol. The van der Waals surface area contributed by atoms with Gasteiger partial charge in [0.15, 0.2) is 0 Å². The number of fused-ring (bicyclic) bond motifs is 5. The van der Waals surface area contributed by atoms with Gasteiger partial charge in [-0.3, -0.25) is 9.05 Å². The SMILES string of the molecule is [B][C@H]1CC(N)[C@@H](COP(=O)(OCC(O)CNC(=O)OC2CCC3(C)C(=CCC4C5CCC(C(C)CCCCC)C5(C)CC[C@H]43)C2)SC)O1. The van der Waals surface area contributed by atoms with Gasteiger partial charge in [-0.05, 0) is 109 Å². The molecule has 1 saturated heterocycles. The molecule has 0 spiro atoms. The highest BCUT2D eigenvalue weighted by atomic mass is 32.7. The normalized spacial score (nSPS) is 40.1. The lowest BCUT2D eigenvalue weighted by atomic mass is 9.47. The van der Waals surface area contributed by atoms with Gasteiger partial charge in [-0.1, -0.05) is 65.0 Å². The topological polar surface area (TPSA) is 129 Å². The Labute approximate surface area is 295 Å². The van der Waals surface area contributed by atoms with Crippen LogP contribution in [0.1, 0.15) is 111 Å². The van der Waals surface area contributed by atoms with Crippen molar-refractivity contribution in [2.45, 2.75) is 142 Å². The van der Waals surface area contributed by atoms with Gasteiger partial charge in [-0.25, -0.2) is 9.36 Å². The molecule has 0 aromatic carbocycles. The fourth-order valence-corrected chi connectivity index (χ4v) is 12.5. The van der Waals surface area contributed by atoms with E-state index < -0.39 is 31.1 Å². The Hall–Kier alpha value is -0.545. The quantitative estimate of drug-likeness (QED) is 0.0692. The highest BCUT2D eigenvalue weighted by Crippen LogP contribution is 2.67. The zero-order valence-electron chi connectivity index (χ0n) is 30.1. The molecule has 9 nitrogen and oxygen atoms in total. The minimum absolute atomic E-state index is 0.0230. The van der Waals surface area contributed by atoms with Crippen LogP contribution in [-0.2, 0) is 23.1 Å². The van der Waals surface area contributed by atoms with Gasteiger partial charge in [0, 0.05) is 25.0 Å². The number of hydrogen-bond acceptors (Lipinski definition) is 9. The molecular weight excluding hydrogens is 646 g/mol. The van der Waals surface area contributed by atoms with Crippen molar-refractivity contribution >= 4 is 32.1 Å². The molecule has 2 radical (unpaired) electrons. The zero-order chi connectivity index (χ0) is 34.7. The maximum Gasteiger partial charge on any atom is 0.407 e. The van der Waals surface area contributed by atoms with Crippen molar-refractivity contribution in [2.75, 3.05) is 26.0 Å². The highest BCUT2D eigenvalue weighted by molar-refractivity contribution is 8.54. The van der Waals surface area contributed by atoms with Gasteiger partial charge < -0.3 is 25.6 Å². The third kappa shape index (κ3) is 8.56. The third-order valence-electron chi connectivity index (χ3n) is 13.2. The first-order valence-corrected chi connectivity index (χ1v) is 22.1. The average molecular weight is 709 g/mol. The summed E-state index contributed by atoms with van der Waals surface area (Å²) in [6.45, 7) is 6.03. The van der Waals surface area contributed by atoms with Crippen LogP contribution in [0.15, 0.2) is 11.6 Å². The number of carbonyl (C=O) groups excluding carboxylic acids is 1. The van der Waals surface area contributed by atoms with E-state index in [1.807, 2.05) is 0 Å². The van der Waals surface area contributed by atoms with Gasteiger partial charge in [0.25, 0.3) is 0 Å². The molecule has 0 bridgehead atoms. The van der Waals surface area contributed by atoms with Gasteiger partial charge in [0.05, 0.1) is 25.4 Å². The smallest absolute Gasteiger partial charge is 0.407 e. The number of nitrogens with one attached hydrogen (secondary N) is 1. The molecule has 0 aromatic rings. The Balaban J connectivity index is 1.07. The Morgan fingerprint density at radius 3 is 2.71 bits per heavy atom. The molecule has 5 aliphatic rings. The minimum atomic E-state index is -3.55. The summed E-state index contributed by atoms with van der Waals surface area (Å²) in [5, 5.41) is 13.1. The molecular formula is C36H62BN2O7PS. The number of allylic oxidation sites excluding steroid dienone is 1. The minimum Gasteiger partial charge on any atom is -0.446 e. The predicted octanol–water partition coefficient (Wildman–Crippen LogP) is 7.35. The second-order valence-corrected chi connectivity index (χ2v) is 20.3. The number of aliphatic hydroxyl groups is 1. The first-order valence-electron chi connectivity index (χ1n) is 18.8. The van der Waals surface area contributed by atoms with Crippen molar-refractivity contribution in [1.82, 2.24) is 5.32 Å². The van der Waals surface area contributed by atoms with E-state index in [2.05, 4.69) is 39.1 Å². The van der Waals surface area contributed by atoms with Gasteiger partial charge in [0.1, 0.15) is 14.0 Å². The fraction of sp³-hybridized carbons (Fsp3) is 0.917. The molecule has 272 valence electrons. The van der Waals surface area contributed by atoms with Crippen LogP contribution in [-0.4, -0.2) is 75.4 Å². The van der Waals surface area contributed by atoms with Crippen molar-refractivity contribution in [1.29, 1.82) is 0 Å². The molecule has 4 N–H and O–H groups in total. The molecule has 10 unspecified atom stereocenters. The molecule has 48 heavy (non-hydrogen) atoms. The van der Waals surface area contributed by atoms with E-state index in [9.17, 15) is 14.5 Å². The Kier molecular flexibility index (Phi) is 13.2. The molecule has 4 fully saturated rings. The molecule has 1 amide bonds. The molecule has 4 aliphatic carbocycles. The summed E-state index contributed by atoms with van der Waals surface area (Å²) in [6.07, 6.45) is 17.1. The summed E-state index contributed by atoms with van der Waals surface area (Å²) in [4.78, 5) is 12.8. The highest BCUT2D eigenvalue weighted by Gasteiger charge is 2.59. The molecule has 1 heterocycles. The van der Waals surface area contributed by atoms with Crippen molar-refractivity contribution in [3.05, 3.63) is 11.6 Å². The second kappa shape index (κ2) is 16.4. The summed E-state index contributed by atoms with van der Waals surface area (Å²) in [5.74, 6) is 4.01. The number of hydrogen-bond donors (Lipinski definition) is 3. The van der Waals surface area contributed by atoms with Gasteiger partial charge in [-0.15, -0.1) is 0 Å². The van der Waals surface area contributed by atoms with E-state index in [0.29, 0.717) is 11.8 Å². The zero-order valence-corrected chi connectivity index (χ0v) is 31.8. The van der Waals surface area contributed by atoms with Crippen LogP contribution in [0, 0.1) is 40.4 Å². The molecule has 5 rings (SSSR count). The maximum atomic E-state index is 13.0. The number of rotatable bonds is 15. The van der Waals surface area contributed by atoms with Crippen molar-refractivity contribution in [3.8, 4) is 0 Å². The first-order chi connectivity index (χ1) is 22.8. The van der Waals surface area contributed by atoms with E-state index in [4.69, 9.17) is 32.1 Å². The largest absolute Gasteiger partial charge is 0.446 e. The van der Waals surface area contributed by atoms with Crippen molar-refractivity contribution in [3.63, 3.8) is 0 Å². The van der Waals surface area contributed by atoms with Crippen molar-refractivity contribution < 1.29 is 33.0 Å². The number of alkyl carbamates (subject to hydrolysis) is 1. The lowest BCUT2D eigenvalue weighted by molar-refractivity contribution is -0.0581. The van der Waals surface area contributed by atoms with Crippen LogP contribution in [0.2, 0.25) is 0 Å². The average Bonchev–Trinajstić information content (AvgIpc) is 3.59. The van der Waals surface area contributed by atoms with E-state index in [0.717, 1.165) is 66.7 Å². The van der Waals surface area contributed by atoms with Crippen LogP contribution >= 0.6 is 18.2 Å². The number of ether oxygens (including phenoxy) is 2. The Morgan fingerprint density at radius 1 is 1.21 bits per heavy atom. The van der Waals surface area contributed by atoms with Gasteiger partial charge >= 0.3 is 12.9 Å². The van der Waals surface area contributed by atoms with Crippen LogP contribution in [0.5, 0.6) is 0 Å².